The average Bonchev–Trinajstić information content (AvgIpc) is 2.34. The fourth-order valence-corrected chi connectivity index (χ4v) is 1.92. The van der Waals surface area contributed by atoms with Gasteiger partial charge in [-0.3, -0.25) is 9.78 Å². The van der Waals surface area contributed by atoms with Crippen LogP contribution in [0.25, 0.3) is 0 Å². The van der Waals surface area contributed by atoms with Gasteiger partial charge in [0.25, 0.3) is 0 Å². The van der Waals surface area contributed by atoms with E-state index in [1.807, 2.05) is 0 Å². The van der Waals surface area contributed by atoms with Gasteiger partial charge >= 0.3 is 0 Å². The van der Waals surface area contributed by atoms with Crippen molar-refractivity contribution in [3.63, 3.8) is 0 Å². The summed E-state index contributed by atoms with van der Waals surface area (Å²) < 4.78 is 14.2. The lowest BCUT2D eigenvalue weighted by molar-refractivity contribution is 0.0987. The van der Waals surface area contributed by atoms with Gasteiger partial charge in [-0.05, 0) is 35.9 Å². The topological polar surface area (TPSA) is 56.0 Å². The van der Waals surface area contributed by atoms with E-state index in [-0.39, 0.29) is 17.9 Å². The summed E-state index contributed by atoms with van der Waals surface area (Å²) >= 11 is 3.24. The van der Waals surface area contributed by atoms with Crippen LogP contribution >= 0.6 is 15.9 Å². The molecule has 92 valence electrons. The number of rotatable bonds is 3. The number of anilines is 1. The van der Waals surface area contributed by atoms with E-state index in [4.69, 9.17) is 5.73 Å². The van der Waals surface area contributed by atoms with Gasteiger partial charge in [0.2, 0.25) is 0 Å². The molecule has 0 saturated carbocycles. The molecule has 2 N–H and O–H groups in total. The Morgan fingerprint density at radius 2 is 2.11 bits per heavy atom. The number of hydrogen-bond donors (Lipinski definition) is 1. The van der Waals surface area contributed by atoms with Crippen LogP contribution in [0, 0.1) is 5.82 Å². The van der Waals surface area contributed by atoms with Crippen LogP contribution in [0.1, 0.15) is 16.1 Å². The monoisotopic (exact) mass is 308 g/mol. The molecule has 1 aromatic carbocycles. The summed E-state index contributed by atoms with van der Waals surface area (Å²) in [6.07, 6.45) is 1.38. The van der Waals surface area contributed by atoms with Crippen LogP contribution in [0.15, 0.2) is 41.0 Å². The van der Waals surface area contributed by atoms with Gasteiger partial charge in [-0.15, -0.1) is 0 Å². The first-order valence-electron chi connectivity index (χ1n) is 5.25. The minimum absolute atomic E-state index is 0.0256. The van der Waals surface area contributed by atoms with E-state index in [9.17, 15) is 9.18 Å². The Morgan fingerprint density at radius 3 is 2.78 bits per heavy atom. The zero-order valence-electron chi connectivity index (χ0n) is 9.36. The van der Waals surface area contributed by atoms with E-state index in [2.05, 4.69) is 20.9 Å². The zero-order chi connectivity index (χ0) is 13.1. The van der Waals surface area contributed by atoms with E-state index >= 15 is 0 Å². The Morgan fingerprint density at radius 1 is 1.33 bits per heavy atom. The van der Waals surface area contributed by atoms with Gasteiger partial charge in [0.15, 0.2) is 5.78 Å². The van der Waals surface area contributed by atoms with Crippen LogP contribution in [-0.4, -0.2) is 10.8 Å². The van der Waals surface area contributed by atoms with E-state index in [1.165, 1.54) is 18.3 Å². The highest BCUT2D eigenvalue weighted by molar-refractivity contribution is 9.10. The Bertz CT molecular complexity index is 584. The summed E-state index contributed by atoms with van der Waals surface area (Å²) in [6, 6.07) is 7.63. The van der Waals surface area contributed by atoms with Gasteiger partial charge in [0.1, 0.15) is 11.5 Å². The molecular formula is C13H10BrFN2O. The van der Waals surface area contributed by atoms with Crippen molar-refractivity contribution >= 4 is 27.4 Å². The number of benzene rings is 1. The van der Waals surface area contributed by atoms with Crippen molar-refractivity contribution in [3.05, 3.63) is 58.1 Å². The smallest absolute Gasteiger partial charge is 0.185 e. The van der Waals surface area contributed by atoms with E-state index in [0.29, 0.717) is 11.3 Å². The molecule has 0 spiro atoms. The third-order valence-corrected chi connectivity index (χ3v) is 2.92. The number of pyridine rings is 1. The lowest BCUT2D eigenvalue weighted by atomic mass is 10.1. The first-order chi connectivity index (χ1) is 8.56. The lowest BCUT2D eigenvalue weighted by Gasteiger charge is -2.03. The van der Waals surface area contributed by atoms with Gasteiger partial charge in [-0.2, -0.15) is 0 Å². The summed E-state index contributed by atoms with van der Waals surface area (Å²) in [6.45, 7) is 0. The van der Waals surface area contributed by atoms with Crippen molar-refractivity contribution in [1.82, 2.24) is 4.98 Å². The molecule has 0 unspecified atom stereocenters. The number of Topliss-reactive ketones (excluding diaryl/α,β-unsaturated/α-hetero) is 1. The molecule has 5 heteroatoms. The first kappa shape index (κ1) is 12.7. The molecule has 3 nitrogen and oxygen atoms in total. The maximum absolute atomic E-state index is 13.5. The molecule has 0 atom stereocenters. The molecule has 0 amide bonds. The number of carbonyl (C=O) groups is 1. The number of nitrogens with two attached hydrogens (primary N) is 1. The van der Waals surface area contributed by atoms with Crippen LogP contribution in [0.5, 0.6) is 0 Å². The van der Waals surface area contributed by atoms with Crippen molar-refractivity contribution in [2.24, 2.45) is 0 Å². The molecule has 0 aliphatic rings. The fraction of sp³-hybridized carbons (Fsp3) is 0.0769. The molecule has 0 saturated heterocycles. The molecule has 0 aliphatic heterocycles. The lowest BCUT2D eigenvalue weighted by Crippen LogP contribution is -2.07. The second-order valence-electron chi connectivity index (χ2n) is 3.81. The van der Waals surface area contributed by atoms with Crippen molar-refractivity contribution in [2.75, 3.05) is 5.73 Å². The highest BCUT2D eigenvalue weighted by Gasteiger charge is 2.12. The summed E-state index contributed by atoms with van der Waals surface area (Å²) in [5.74, 6) is -0.644. The molecule has 2 aromatic rings. The van der Waals surface area contributed by atoms with Crippen molar-refractivity contribution in [1.29, 1.82) is 0 Å². The molecule has 0 bridgehead atoms. The molecule has 0 radical (unpaired) electrons. The SMILES string of the molecule is Nc1ccc(C(=O)Cc2cc(Br)ccc2F)nc1. The maximum Gasteiger partial charge on any atom is 0.185 e. The van der Waals surface area contributed by atoms with Gasteiger partial charge in [0, 0.05) is 10.9 Å². The van der Waals surface area contributed by atoms with E-state index in [1.54, 1.807) is 18.2 Å². The highest BCUT2D eigenvalue weighted by Crippen LogP contribution is 2.17. The van der Waals surface area contributed by atoms with Crippen LogP contribution in [0.2, 0.25) is 0 Å². The fourth-order valence-electron chi connectivity index (χ4n) is 1.51. The van der Waals surface area contributed by atoms with E-state index in [0.717, 1.165) is 4.47 Å². The second-order valence-corrected chi connectivity index (χ2v) is 4.73. The van der Waals surface area contributed by atoms with Crippen LogP contribution in [0.4, 0.5) is 10.1 Å². The molecule has 2 rings (SSSR count). The standard InChI is InChI=1S/C13H10BrFN2O/c14-9-1-3-11(15)8(5-9)6-13(18)12-4-2-10(16)7-17-12/h1-5,7H,6,16H2. The molecule has 0 aliphatic carbocycles. The third kappa shape index (κ3) is 2.92. The van der Waals surface area contributed by atoms with Gasteiger partial charge < -0.3 is 5.73 Å². The second kappa shape index (κ2) is 5.27. The molecule has 18 heavy (non-hydrogen) atoms. The van der Waals surface area contributed by atoms with Gasteiger partial charge in [-0.25, -0.2) is 4.39 Å². The van der Waals surface area contributed by atoms with Crippen LogP contribution in [-0.2, 0) is 6.42 Å². The predicted octanol–water partition coefficient (Wildman–Crippen LogP) is 2.99. The summed E-state index contributed by atoms with van der Waals surface area (Å²) in [5.41, 5.74) is 6.59. The number of carbonyl (C=O) groups excluding carboxylic acids is 1. The minimum atomic E-state index is -0.401. The molecular weight excluding hydrogens is 299 g/mol. The Hall–Kier alpha value is -1.75. The third-order valence-electron chi connectivity index (χ3n) is 2.43. The van der Waals surface area contributed by atoms with Crippen molar-refractivity contribution in [2.45, 2.75) is 6.42 Å². The largest absolute Gasteiger partial charge is 0.397 e. The van der Waals surface area contributed by atoms with E-state index < -0.39 is 5.82 Å². The quantitative estimate of drug-likeness (QED) is 0.887. The van der Waals surface area contributed by atoms with Crippen molar-refractivity contribution in [3.8, 4) is 0 Å². The van der Waals surface area contributed by atoms with Gasteiger partial charge in [0.05, 0.1) is 11.9 Å². The van der Waals surface area contributed by atoms with Crippen LogP contribution < -0.4 is 5.73 Å². The first-order valence-corrected chi connectivity index (χ1v) is 6.04. The zero-order valence-corrected chi connectivity index (χ0v) is 10.9. The van der Waals surface area contributed by atoms with Crippen LogP contribution in [0.3, 0.4) is 0 Å². The Kier molecular flexibility index (Phi) is 3.72. The molecule has 0 fully saturated rings. The Labute approximate surface area is 112 Å². The average molecular weight is 309 g/mol. The normalized spacial score (nSPS) is 10.3. The summed E-state index contributed by atoms with van der Waals surface area (Å²) in [7, 11) is 0. The number of halogens is 2. The van der Waals surface area contributed by atoms with Gasteiger partial charge in [-0.1, -0.05) is 15.9 Å². The predicted molar refractivity (Wildman–Crippen MR) is 70.8 cm³/mol. The number of hydrogen-bond acceptors (Lipinski definition) is 3. The number of aromatic nitrogens is 1. The number of ketones is 1. The number of nitrogens with zero attached hydrogens (tertiary/aromatic N) is 1. The highest BCUT2D eigenvalue weighted by atomic mass is 79.9. The molecule has 1 aromatic heterocycles. The number of nitrogen functional groups attached to an aromatic ring is 1. The summed E-state index contributed by atoms with van der Waals surface area (Å²) in [4.78, 5) is 15.8. The maximum atomic E-state index is 13.5. The Balaban J connectivity index is 2.21. The molecule has 1 heterocycles. The minimum Gasteiger partial charge on any atom is -0.397 e. The summed E-state index contributed by atoms with van der Waals surface area (Å²) in [5, 5.41) is 0. The van der Waals surface area contributed by atoms with Crippen molar-refractivity contribution < 1.29 is 9.18 Å².